The van der Waals surface area contributed by atoms with E-state index in [0.29, 0.717) is 12.6 Å². The second kappa shape index (κ2) is 6.39. The van der Waals surface area contributed by atoms with Crippen LogP contribution in [0, 0.1) is 0 Å². The Balaban J connectivity index is 1.70. The number of nitrogens with zero attached hydrogens (tertiary/aromatic N) is 1. The van der Waals surface area contributed by atoms with Crippen LogP contribution in [-0.2, 0) is 0 Å². The smallest absolute Gasteiger partial charge is 0.127 e. The van der Waals surface area contributed by atoms with E-state index in [1.807, 2.05) is 25.1 Å². The summed E-state index contributed by atoms with van der Waals surface area (Å²) in [5.41, 5.74) is 2.34. The van der Waals surface area contributed by atoms with E-state index in [9.17, 15) is 5.11 Å². The second-order valence-electron chi connectivity index (χ2n) is 6.12. The molecule has 0 spiro atoms. The number of fused-ring (bicyclic) bond motifs is 1. The SMILES string of the molecule is CC(O)CC1CCCN1CC1=Cc2cc(Cl)ccc2OC1. The molecule has 0 aromatic heterocycles. The van der Waals surface area contributed by atoms with Gasteiger partial charge in [0.2, 0.25) is 0 Å². The normalized spacial score (nSPS) is 23.4. The third-order valence-corrected chi connectivity index (χ3v) is 4.50. The average Bonchev–Trinajstić information content (AvgIpc) is 2.84. The van der Waals surface area contributed by atoms with Gasteiger partial charge in [0, 0.05) is 23.2 Å². The predicted octanol–water partition coefficient (Wildman–Crippen LogP) is 3.35. The van der Waals surface area contributed by atoms with Gasteiger partial charge in [0.1, 0.15) is 12.4 Å². The number of ether oxygens (including phenoxy) is 1. The van der Waals surface area contributed by atoms with Gasteiger partial charge < -0.3 is 9.84 Å². The van der Waals surface area contributed by atoms with Crippen LogP contribution in [0.3, 0.4) is 0 Å². The number of benzene rings is 1. The van der Waals surface area contributed by atoms with Gasteiger partial charge in [0.25, 0.3) is 0 Å². The van der Waals surface area contributed by atoms with Gasteiger partial charge in [0.05, 0.1) is 6.10 Å². The molecule has 3 nitrogen and oxygen atoms in total. The molecule has 0 bridgehead atoms. The molecule has 114 valence electrons. The Hall–Kier alpha value is -1.03. The van der Waals surface area contributed by atoms with E-state index in [1.165, 1.54) is 18.4 Å². The van der Waals surface area contributed by atoms with Gasteiger partial charge >= 0.3 is 0 Å². The fraction of sp³-hybridized carbons (Fsp3) is 0.529. The Morgan fingerprint density at radius 1 is 1.48 bits per heavy atom. The predicted molar refractivity (Wildman–Crippen MR) is 85.8 cm³/mol. The molecule has 1 N–H and O–H groups in total. The monoisotopic (exact) mass is 307 g/mol. The molecule has 1 aromatic carbocycles. The Bertz CT molecular complexity index is 542. The summed E-state index contributed by atoms with van der Waals surface area (Å²) < 4.78 is 5.81. The largest absolute Gasteiger partial charge is 0.489 e. The van der Waals surface area contributed by atoms with E-state index in [0.717, 1.165) is 35.8 Å². The molecular formula is C17H22ClNO2. The van der Waals surface area contributed by atoms with Crippen molar-refractivity contribution >= 4 is 17.7 Å². The zero-order valence-electron chi connectivity index (χ0n) is 12.4. The minimum atomic E-state index is -0.230. The first-order valence-corrected chi connectivity index (χ1v) is 8.03. The lowest BCUT2D eigenvalue weighted by Gasteiger charge is -2.28. The summed E-state index contributed by atoms with van der Waals surface area (Å²) in [4.78, 5) is 2.47. The maximum absolute atomic E-state index is 9.62. The number of halogens is 1. The molecule has 2 aliphatic rings. The first kappa shape index (κ1) is 14.9. The summed E-state index contributed by atoms with van der Waals surface area (Å²) in [5.74, 6) is 0.908. The van der Waals surface area contributed by atoms with Crippen molar-refractivity contribution in [3.05, 3.63) is 34.4 Å². The molecule has 3 rings (SSSR count). The van der Waals surface area contributed by atoms with Crippen molar-refractivity contribution in [1.82, 2.24) is 4.90 Å². The fourth-order valence-corrected chi connectivity index (χ4v) is 3.49. The third-order valence-electron chi connectivity index (χ3n) is 4.26. The highest BCUT2D eigenvalue weighted by molar-refractivity contribution is 6.30. The summed E-state index contributed by atoms with van der Waals surface area (Å²) in [5, 5.41) is 10.4. The van der Waals surface area contributed by atoms with Crippen molar-refractivity contribution in [3.63, 3.8) is 0 Å². The Kier molecular flexibility index (Phi) is 4.53. The molecule has 0 amide bonds. The Labute approximate surface area is 131 Å². The van der Waals surface area contributed by atoms with Crippen LogP contribution in [-0.4, -0.2) is 41.8 Å². The summed E-state index contributed by atoms with van der Waals surface area (Å²) >= 11 is 6.05. The van der Waals surface area contributed by atoms with Gasteiger partial charge in [-0.3, -0.25) is 4.90 Å². The van der Waals surface area contributed by atoms with E-state index in [1.54, 1.807) is 0 Å². The number of aliphatic hydroxyl groups is 1. The Morgan fingerprint density at radius 3 is 3.14 bits per heavy atom. The highest BCUT2D eigenvalue weighted by atomic mass is 35.5. The molecular weight excluding hydrogens is 286 g/mol. The molecule has 2 aliphatic heterocycles. The zero-order valence-corrected chi connectivity index (χ0v) is 13.1. The molecule has 21 heavy (non-hydrogen) atoms. The van der Waals surface area contributed by atoms with Crippen molar-refractivity contribution in [2.45, 2.75) is 38.3 Å². The number of aliphatic hydroxyl groups excluding tert-OH is 1. The molecule has 4 heteroatoms. The molecule has 2 unspecified atom stereocenters. The van der Waals surface area contributed by atoms with E-state index in [2.05, 4.69) is 11.0 Å². The molecule has 2 heterocycles. The van der Waals surface area contributed by atoms with Crippen molar-refractivity contribution in [2.24, 2.45) is 0 Å². The van der Waals surface area contributed by atoms with Crippen molar-refractivity contribution in [2.75, 3.05) is 19.7 Å². The van der Waals surface area contributed by atoms with Gasteiger partial charge in [-0.1, -0.05) is 11.6 Å². The first-order valence-electron chi connectivity index (χ1n) is 7.66. The van der Waals surface area contributed by atoms with Crippen LogP contribution in [0.4, 0.5) is 0 Å². The van der Waals surface area contributed by atoms with Crippen LogP contribution in [0.15, 0.2) is 23.8 Å². The van der Waals surface area contributed by atoms with Crippen molar-refractivity contribution in [3.8, 4) is 5.75 Å². The lowest BCUT2D eigenvalue weighted by atomic mass is 10.1. The van der Waals surface area contributed by atoms with E-state index < -0.39 is 0 Å². The summed E-state index contributed by atoms with van der Waals surface area (Å²) in [6, 6.07) is 6.23. The molecule has 1 saturated heterocycles. The van der Waals surface area contributed by atoms with Gasteiger partial charge in [-0.05, 0) is 62.6 Å². The topological polar surface area (TPSA) is 32.7 Å². The maximum Gasteiger partial charge on any atom is 0.127 e. The van der Waals surface area contributed by atoms with Gasteiger partial charge in [-0.2, -0.15) is 0 Å². The van der Waals surface area contributed by atoms with Crippen molar-refractivity contribution in [1.29, 1.82) is 0 Å². The minimum Gasteiger partial charge on any atom is -0.489 e. The molecule has 0 radical (unpaired) electrons. The summed E-state index contributed by atoms with van der Waals surface area (Å²) in [6.07, 6.45) is 5.22. The van der Waals surface area contributed by atoms with Crippen LogP contribution >= 0.6 is 11.6 Å². The number of rotatable bonds is 4. The number of hydrogen-bond acceptors (Lipinski definition) is 3. The second-order valence-corrected chi connectivity index (χ2v) is 6.56. The number of hydrogen-bond donors (Lipinski definition) is 1. The lowest BCUT2D eigenvalue weighted by Crippen LogP contribution is -2.34. The summed E-state index contributed by atoms with van der Waals surface area (Å²) in [7, 11) is 0. The highest BCUT2D eigenvalue weighted by Crippen LogP contribution is 2.30. The van der Waals surface area contributed by atoms with E-state index in [-0.39, 0.29) is 6.10 Å². The third kappa shape index (κ3) is 3.60. The molecule has 1 fully saturated rings. The molecule has 2 atom stereocenters. The lowest BCUT2D eigenvalue weighted by molar-refractivity contribution is 0.137. The van der Waals surface area contributed by atoms with Crippen molar-refractivity contribution < 1.29 is 9.84 Å². The van der Waals surface area contributed by atoms with Crippen LogP contribution in [0.5, 0.6) is 5.75 Å². The van der Waals surface area contributed by atoms with Gasteiger partial charge in [-0.15, -0.1) is 0 Å². The summed E-state index contributed by atoms with van der Waals surface area (Å²) in [6.45, 7) is 4.55. The quantitative estimate of drug-likeness (QED) is 0.926. The average molecular weight is 308 g/mol. The van der Waals surface area contributed by atoms with Crippen LogP contribution < -0.4 is 4.74 Å². The van der Waals surface area contributed by atoms with E-state index >= 15 is 0 Å². The Morgan fingerprint density at radius 2 is 2.33 bits per heavy atom. The molecule has 0 aliphatic carbocycles. The van der Waals surface area contributed by atoms with Gasteiger partial charge in [-0.25, -0.2) is 0 Å². The minimum absolute atomic E-state index is 0.230. The standard InChI is InChI=1S/C17H22ClNO2/c1-12(20)7-16-3-2-6-19(16)10-13-8-14-9-15(18)4-5-17(14)21-11-13/h4-5,8-9,12,16,20H,2-3,6-7,10-11H2,1H3. The highest BCUT2D eigenvalue weighted by Gasteiger charge is 2.26. The van der Waals surface area contributed by atoms with E-state index in [4.69, 9.17) is 16.3 Å². The fourth-order valence-electron chi connectivity index (χ4n) is 3.31. The number of likely N-dealkylation sites (tertiary alicyclic amines) is 1. The maximum atomic E-state index is 9.62. The van der Waals surface area contributed by atoms with Gasteiger partial charge in [0.15, 0.2) is 0 Å². The molecule has 1 aromatic rings. The van der Waals surface area contributed by atoms with Crippen LogP contribution in [0.25, 0.3) is 6.08 Å². The molecule has 0 saturated carbocycles. The first-order chi connectivity index (χ1) is 10.1. The zero-order chi connectivity index (χ0) is 14.8. The van der Waals surface area contributed by atoms with Crippen LogP contribution in [0.1, 0.15) is 31.7 Å². The van der Waals surface area contributed by atoms with Crippen LogP contribution in [0.2, 0.25) is 5.02 Å².